The van der Waals surface area contributed by atoms with Gasteiger partial charge in [0.05, 0.1) is 29.1 Å². The van der Waals surface area contributed by atoms with Gasteiger partial charge in [0.15, 0.2) is 0 Å². The molecular formula is C13H10N4O2. The number of nitrogens with zero attached hydrogens (tertiary/aromatic N) is 2. The number of rotatable bonds is 3. The van der Waals surface area contributed by atoms with Crippen molar-refractivity contribution < 1.29 is 9.53 Å². The first-order valence-corrected chi connectivity index (χ1v) is 5.33. The van der Waals surface area contributed by atoms with Crippen molar-refractivity contribution in [1.29, 1.82) is 5.26 Å². The number of hydrogen-bond donors (Lipinski definition) is 2. The average molecular weight is 254 g/mol. The molecular weight excluding hydrogens is 244 g/mol. The van der Waals surface area contributed by atoms with E-state index in [-0.39, 0.29) is 17.1 Å². The highest BCUT2D eigenvalue weighted by Crippen LogP contribution is 2.23. The molecule has 0 saturated heterocycles. The molecule has 2 aromatic rings. The number of carbonyl (C=O) groups is 1. The van der Waals surface area contributed by atoms with E-state index >= 15 is 0 Å². The van der Waals surface area contributed by atoms with Crippen molar-refractivity contribution in [2.24, 2.45) is 5.73 Å². The second-order valence-electron chi connectivity index (χ2n) is 3.72. The molecule has 0 atom stereocenters. The van der Waals surface area contributed by atoms with Crippen LogP contribution in [0.15, 0.2) is 36.5 Å². The molecule has 6 nitrogen and oxygen atoms in total. The van der Waals surface area contributed by atoms with Gasteiger partial charge in [-0.3, -0.25) is 4.79 Å². The van der Waals surface area contributed by atoms with Crippen molar-refractivity contribution in [3.8, 4) is 17.7 Å². The zero-order chi connectivity index (χ0) is 13.8. The fourth-order valence-corrected chi connectivity index (χ4v) is 1.47. The van der Waals surface area contributed by atoms with Crippen LogP contribution in [0.25, 0.3) is 0 Å². The van der Waals surface area contributed by atoms with E-state index in [9.17, 15) is 4.79 Å². The van der Waals surface area contributed by atoms with E-state index in [4.69, 9.17) is 21.5 Å². The predicted molar refractivity (Wildman–Crippen MR) is 68.4 cm³/mol. The van der Waals surface area contributed by atoms with Crippen LogP contribution in [0.4, 0.5) is 5.69 Å². The monoisotopic (exact) mass is 254 g/mol. The Morgan fingerprint density at radius 2 is 2.16 bits per heavy atom. The molecule has 0 aliphatic rings. The molecule has 1 aromatic heterocycles. The highest BCUT2D eigenvalue weighted by molar-refractivity contribution is 5.98. The highest BCUT2D eigenvalue weighted by Gasteiger charge is 2.09. The molecule has 4 N–H and O–H groups in total. The first kappa shape index (κ1) is 12.4. The van der Waals surface area contributed by atoms with Crippen molar-refractivity contribution in [2.45, 2.75) is 0 Å². The summed E-state index contributed by atoms with van der Waals surface area (Å²) in [5, 5.41) is 8.78. The van der Waals surface area contributed by atoms with E-state index in [1.165, 1.54) is 12.3 Å². The molecule has 0 spiro atoms. The van der Waals surface area contributed by atoms with Crippen LogP contribution >= 0.6 is 0 Å². The summed E-state index contributed by atoms with van der Waals surface area (Å²) in [6, 6.07) is 9.91. The van der Waals surface area contributed by atoms with E-state index in [2.05, 4.69) is 4.98 Å². The van der Waals surface area contributed by atoms with Crippen LogP contribution in [0.3, 0.4) is 0 Å². The third-order valence-corrected chi connectivity index (χ3v) is 2.36. The van der Waals surface area contributed by atoms with Gasteiger partial charge >= 0.3 is 0 Å². The van der Waals surface area contributed by atoms with Gasteiger partial charge in [0, 0.05) is 6.07 Å². The second kappa shape index (κ2) is 5.06. The number of carbonyl (C=O) groups excluding carboxylic acids is 1. The molecule has 0 saturated carbocycles. The van der Waals surface area contributed by atoms with Crippen LogP contribution in [0.2, 0.25) is 0 Å². The number of benzene rings is 1. The number of primary amides is 1. The summed E-state index contributed by atoms with van der Waals surface area (Å²) in [5.41, 5.74) is 11.5. The predicted octanol–water partition coefficient (Wildman–Crippen LogP) is 1.43. The number of aromatic nitrogens is 1. The lowest BCUT2D eigenvalue weighted by Gasteiger charge is -2.07. The molecule has 0 bridgehead atoms. The minimum absolute atomic E-state index is 0.140. The standard InChI is InChI=1S/C13H10N4O2/c14-6-8-2-1-3-9(4-8)19-12-5-10(13(16)18)11(15)7-17-12/h1-5,7H,15H2,(H2,16,18). The first-order chi connectivity index (χ1) is 9.10. The van der Waals surface area contributed by atoms with Crippen molar-refractivity contribution in [2.75, 3.05) is 5.73 Å². The fraction of sp³-hybridized carbons (Fsp3) is 0. The summed E-state index contributed by atoms with van der Waals surface area (Å²) in [5.74, 6) is -0.0413. The number of ether oxygens (including phenoxy) is 1. The zero-order valence-corrected chi connectivity index (χ0v) is 9.83. The lowest BCUT2D eigenvalue weighted by Crippen LogP contribution is -2.13. The molecule has 2 rings (SSSR count). The molecule has 94 valence electrons. The van der Waals surface area contributed by atoms with Crippen LogP contribution < -0.4 is 16.2 Å². The number of nitrogens with two attached hydrogens (primary N) is 2. The summed E-state index contributed by atoms with van der Waals surface area (Å²) in [6.07, 6.45) is 1.30. The molecule has 0 radical (unpaired) electrons. The molecule has 1 aromatic carbocycles. The van der Waals surface area contributed by atoms with E-state index in [0.717, 1.165) is 0 Å². The summed E-state index contributed by atoms with van der Waals surface area (Å²) < 4.78 is 5.44. The van der Waals surface area contributed by atoms with Crippen molar-refractivity contribution >= 4 is 11.6 Å². The van der Waals surface area contributed by atoms with Crippen LogP contribution in [0.1, 0.15) is 15.9 Å². The lowest BCUT2D eigenvalue weighted by molar-refractivity contribution is 0.100. The molecule has 1 amide bonds. The summed E-state index contributed by atoms with van der Waals surface area (Å²) >= 11 is 0. The number of nitriles is 1. The van der Waals surface area contributed by atoms with Gasteiger partial charge in [0.1, 0.15) is 5.75 Å². The Labute approximate surface area is 109 Å². The summed E-state index contributed by atoms with van der Waals surface area (Å²) in [6.45, 7) is 0. The van der Waals surface area contributed by atoms with E-state index in [1.54, 1.807) is 24.3 Å². The SMILES string of the molecule is N#Cc1cccc(Oc2cc(C(N)=O)c(N)cn2)c1. The lowest BCUT2D eigenvalue weighted by atomic mass is 10.2. The Morgan fingerprint density at radius 3 is 2.84 bits per heavy atom. The smallest absolute Gasteiger partial charge is 0.251 e. The second-order valence-corrected chi connectivity index (χ2v) is 3.72. The highest BCUT2D eigenvalue weighted by atomic mass is 16.5. The minimum Gasteiger partial charge on any atom is -0.439 e. The van der Waals surface area contributed by atoms with E-state index in [1.807, 2.05) is 6.07 Å². The Hall–Kier alpha value is -3.07. The first-order valence-electron chi connectivity index (χ1n) is 5.33. The number of nitrogen functional groups attached to an aromatic ring is 1. The third-order valence-electron chi connectivity index (χ3n) is 2.36. The maximum Gasteiger partial charge on any atom is 0.251 e. The Kier molecular flexibility index (Phi) is 3.30. The number of hydrogen-bond acceptors (Lipinski definition) is 5. The molecule has 0 aliphatic heterocycles. The summed E-state index contributed by atoms with van der Waals surface area (Å²) in [7, 11) is 0. The Balaban J connectivity index is 2.31. The molecule has 1 heterocycles. The van der Waals surface area contributed by atoms with Crippen LogP contribution in [0.5, 0.6) is 11.6 Å². The quantitative estimate of drug-likeness (QED) is 0.859. The van der Waals surface area contributed by atoms with Crippen LogP contribution in [-0.2, 0) is 0 Å². The normalized spacial score (nSPS) is 9.63. The Bertz CT molecular complexity index is 677. The van der Waals surface area contributed by atoms with Crippen molar-refractivity contribution in [3.63, 3.8) is 0 Å². The van der Waals surface area contributed by atoms with Crippen LogP contribution in [-0.4, -0.2) is 10.9 Å². The van der Waals surface area contributed by atoms with Gasteiger partial charge in [-0.15, -0.1) is 0 Å². The molecule has 19 heavy (non-hydrogen) atoms. The number of amides is 1. The van der Waals surface area contributed by atoms with Gasteiger partial charge in [-0.25, -0.2) is 4.98 Å². The largest absolute Gasteiger partial charge is 0.439 e. The topological polar surface area (TPSA) is 115 Å². The Morgan fingerprint density at radius 1 is 1.37 bits per heavy atom. The van der Waals surface area contributed by atoms with E-state index < -0.39 is 5.91 Å². The average Bonchev–Trinajstić information content (AvgIpc) is 2.41. The molecule has 0 aliphatic carbocycles. The van der Waals surface area contributed by atoms with Gasteiger partial charge in [-0.2, -0.15) is 5.26 Å². The van der Waals surface area contributed by atoms with E-state index in [0.29, 0.717) is 11.3 Å². The van der Waals surface area contributed by atoms with Gasteiger partial charge in [-0.05, 0) is 18.2 Å². The third kappa shape index (κ3) is 2.79. The molecule has 0 fully saturated rings. The van der Waals surface area contributed by atoms with Crippen molar-refractivity contribution in [3.05, 3.63) is 47.7 Å². The van der Waals surface area contributed by atoms with Gasteiger partial charge in [0.25, 0.3) is 5.91 Å². The number of pyridine rings is 1. The maximum absolute atomic E-state index is 11.1. The summed E-state index contributed by atoms with van der Waals surface area (Å²) in [4.78, 5) is 15.1. The van der Waals surface area contributed by atoms with Crippen molar-refractivity contribution in [1.82, 2.24) is 4.98 Å². The van der Waals surface area contributed by atoms with Gasteiger partial charge < -0.3 is 16.2 Å². The maximum atomic E-state index is 11.1. The fourth-order valence-electron chi connectivity index (χ4n) is 1.47. The minimum atomic E-state index is -0.657. The molecule has 6 heteroatoms. The zero-order valence-electron chi connectivity index (χ0n) is 9.83. The molecule has 0 unspecified atom stereocenters. The van der Waals surface area contributed by atoms with Gasteiger partial charge in [-0.1, -0.05) is 6.07 Å². The van der Waals surface area contributed by atoms with Gasteiger partial charge in [0.2, 0.25) is 5.88 Å². The number of anilines is 1. The van der Waals surface area contributed by atoms with Crippen LogP contribution in [0, 0.1) is 11.3 Å².